The second kappa shape index (κ2) is 10.6. The van der Waals surface area contributed by atoms with Crippen molar-refractivity contribution in [3.8, 4) is 11.5 Å². The van der Waals surface area contributed by atoms with Crippen molar-refractivity contribution in [2.75, 3.05) is 52.8 Å². The number of likely N-dealkylation sites (N-methyl/N-ethyl adjacent to an activating group) is 1. The number of hydrogen-bond acceptors (Lipinski definition) is 6. The Morgan fingerprint density at radius 1 is 0.969 bits per heavy atom. The zero-order valence-corrected chi connectivity index (χ0v) is 19.7. The highest BCUT2D eigenvalue weighted by atomic mass is 35.5. The molecule has 2 aromatic carbocycles. The van der Waals surface area contributed by atoms with Crippen LogP contribution in [0.5, 0.6) is 11.5 Å². The van der Waals surface area contributed by atoms with Gasteiger partial charge in [0, 0.05) is 37.3 Å². The van der Waals surface area contributed by atoms with Crippen molar-refractivity contribution in [3.63, 3.8) is 0 Å². The summed E-state index contributed by atoms with van der Waals surface area (Å²) in [6, 6.07) is 9.73. The largest absolute Gasteiger partial charge is 0.493 e. The second-order valence-electron chi connectivity index (χ2n) is 7.27. The molecule has 32 heavy (non-hydrogen) atoms. The molecule has 0 spiro atoms. The van der Waals surface area contributed by atoms with Crippen LogP contribution < -0.4 is 20.1 Å². The zero-order valence-electron chi connectivity index (χ0n) is 18.1. The fourth-order valence-corrected chi connectivity index (χ4v) is 3.62. The van der Waals surface area contributed by atoms with Crippen molar-refractivity contribution in [3.05, 3.63) is 52.5 Å². The van der Waals surface area contributed by atoms with Crippen LogP contribution in [0.15, 0.2) is 36.4 Å². The second-order valence-corrected chi connectivity index (χ2v) is 8.08. The SMILES string of the molecule is COc1ccc(C(=O)NC(=S)Nc2cc(C(=O)N3CCN(C)CC3)ccc2Cl)cc1OC. The van der Waals surface area contributed by atoms with Gasteiger partial charge in [-0.3, -0.25) is 14.9 Å². The van der Waals surface area contributed by atoms with Gasteiger partial charge in [-0.2, -0.15) is 0 Å². The summed E-state index contributed by atoms with van der Waals surface area (Å²) in [5.74, 6) is 0.442. The third kappa shape index (κ3) is 5.67. The standard InChI is InChI=1S/C22H25ClN4O4S/c1-26-8-10-27(11-9-26)21(29)15-4-6-16(23)17(12-15)24-22(32)25-20(28)14-5-7-18(30-2)19(13-14)31-3/h4-7,12-13H,8-11H2,1-3H3,(H2,24,25,28,32). The fourth-order valence-electron chi connectivity index (χ4n) is 3.25. The Morgan fingerprint density at radius 3 is 2.28 bits per heavy atom. The van der Waals surface area contributed by atoms with E-state index in [2.05, 4.69) is 15.5 Å². The minimum Gasteiger partial charge on any atom is -0.493 e. The highest BCUT2D eigenvalue weighted by Gasteiger charge is 2.21. The van der Waals surface area contributed by atoms with Gasteiger partial charge in [-0.15, -0.1) is 0 Å². The molecule has 1 aliphatic rings. The zero-order chi connectivity index (χ0) is 23.3. The summed E-state index contributed by atoms with van der Waals surface area (Å²) in [5.41, 5.74) is 1.27. The van der Waals surface area contributed by atoms with Crippen LogP contribution >= 0.6 is 23.8 Å². The molecule has 1 aliphatic heterocycles. The summed E-state index contributed by atoms with van der Waals surface area (Å²) in [6.07, 6.45) is 0. The molecule has 1 saturated heterocycles. The Balaban J connectivity index is 1.67. The highest BCUT2D eigenvalue weighted by Crippen LogP contribution is 2.28. The molecule has 0 bridgehead atoms. The number of piperazine rings is 1. The predicted molar refractivity (Wildman–Crippen MR) is 128 cm³/mol. The molecular formula is C22H25ClN4O4S. The normalized spacial score (nSPS) is 13.9. The van der Waals surface area contributed by atoms with Gasteiger partial charge in [-0.05, 0) is 55.7 Å². The van der Waals surface area contributed by atoms with Crippen LogP contribution in [0.2, 0.25) is 5.02 Å². The summed E-state index contributed by atoms with van der Waals surface area (Å²) in [5, 5.41) is 5.93. The number of carbonyl (C=O) groups is 2. The minimum absolute atomic E-state index is 0.0517. The number of halogens is 1. The molecule has 170 valence electrons. The monoisotopic (exact) mass is 476 g/mol. The predicted octanol–water partition coefficient (Wildman–Crippen LogP) is 2.87. The van der Waals surface area contributed by atoms with E-state index in [-0.39, 0.29) is 11.0 Å². The smallest absolute Gasteiger partial charge is 0.257 e. The van der Waals surface area contributed by atoms with Crippen molar-refractivity contribution in [2.24, 2.45) is 0 Å². The summed E-state index contributed by atoms with van der Waals surface area (Å²) < 4.78 is 10.4. The lowest BCUT2D eigenvalue weighted by atomic mass is 10.1. The van der Waals surface area contributed by atoms with E-state index in [4.69, 9.17) is 33.3 Å². The van der Waals surface area contributed by atoms with Crippen molar-refractivity contribution >= 4 is 46.4 Å². The number of thiocarbonyl (C=S) groups is 1. The molecule has 1 fully saturated rings. The first-order chi connectivity index (χ1) is 15.3. The van der Waals surface area contributed by atoms with Gasteiger partial charge in [-0.1, -0.05) is 11.6 Å². The number of methoxy groups -OCH3 is 2. The number of rotatable bonds is 5. The lowest BCUT2D eigenvalue weighted by molar-refractivity contribution is 0.0664. The minimum atomic E-state index is -0.427. The van der Waals surface area contributed by atoms with E-state index in [9.17, 15) is 9.59 Å². The maximum absolute atomic E-state index is 12.8. The van der Waals surface area contributed by atoms with Gasteiger partial charge in [0.15, 0.2) is 16.6 Å². The third-order valence-corrected chi connectivity index (χ3v) is 5.66. The molecule has 0 aromatic heterocycles. The number of carbonyl (C=O) groups excluding carboxylic acids is 2. The first-order valence-electron chi connectivity index (χ1n) is 9.94. The van der Waals surface area contributed by atoms with Crippen LogP contribution in [0.3, 0.4) is 0 Å². The Labute approximate surface area is 197 Å². The molecule has 1 heterocycles. The topological polar surface area (TPSA) is 83.1 Å². The molecule has 2 aromatic rings. The highest BCUT2D eigenvalue weighted by molar-refractivity contribution is 7.80. The van der Waals surface area contributed by atoms with Crippen molar-refractivity contribution in [1.82, 2.24) is 15.1 Å². The summed E-state index contributed by atoms with van der Waals surface area (Å²) >= 11 is 11.5. The lowest BCUT2D eigenvalue weighted by Crippen LogP contribution is -2.47. The molecule has 10 heteroatoms. The van der Waals surface area contributed by atoms with Gasteiger partial charge < -0.3 is 24.6 Å². The number of ether oxygens (including phenoxy) is 2. The van der Waals surface area contributed by atoms with Crippen LogP contribution in [-0.4, -0.2) is 74.2 Å². The molecule has 0 atom stereocenters. The number of hydrogen-bond donors (Lipinski definition) is 2. The Bertz CT molecular complexity index is 1020. The van der Waals surface area contributed by atoms with E-state index in [1.807, 2.05) is 11.9 Å². The van der Waals surface area contributed by atoms with Crippen LogP contribution in [0, 0.1) is 0 Å². The summed E-state index contributed by atoms with van der Waals surface area (Å²) in [6.45, 7) is 2.99. The maximum atomic E-state index is 12.8. The third-order valence-electron chi connectivity index (χ3n) is 5.12. The van der Waals surface area contributed by atoms with Gasteiger partial charge in [0.05, 0.1) is 24.9 Å². The van der Waals surface area contributed by atoms with Crippen LogP contribution in [0.25, 0.3) is 0 Å². The molecular weight excluding hydrogens is 452 g/mol. The van der Waals surface area contributed by atoms with E-state index in [1.54, 1.807) is 36.4 Å². The fraction of sp³-hybridized carbons (Fsp3) is 0.318. The van der Waals surface area contributed by atoms with Gasteiger partial charge >= 0.3 is 0 Å². The van der Waals surface area contributed by atoms with E-state index >= 15 is 0 Å². The number of nitrogens with one attached hydrogen (secondary N) is 2. The first-order valence-corrected chi connectivity index (χ1v) is 10.7. The Hall–Kier alpha value is -2.88. The maximum Gasteiger partial charge on any atom is 0.257 e. The number of nitrogens with zero attached hydrogens (tertiary/aromatic N) is 2. The van der Waals surface area contributed by atoms with Gasteiger partial charge in [-0.25, -0.2) is 0 Å². The molecule has 0 radical (unpaired) electrons. The molecule has 0 saturated carbocycles. The van der Waals surface area contributed by atoms with Gasteiger partial charge in [0.1, 0.15) is 0 Å². The van der Waals surface area contributed by atoms with Crippen molar-refractivity contribution in [2.45, 2.75) is 0 Å². The van der Waals surface area contributed by atoms with E-state index < -0.39 is 5.91 Å². The Morgan fingerprint density at radius 2 is 1.62 bits per heavy atom. The summed E-state index contributed by atoms with van der Waals surface area (Å²) in [7, 11) is 5.04. The number of amides is 2. The van der Waals surface area contributed by atoms with E-state index in [0.717, 1.165) is 13.1 Å². The first kappa shape index (κ1) is 23.8. The molecule has 3 rings (SSSR count). The molecule has 2 amide bonds. The lowest BCUT2D eigenvalue weighted by Gasteiger charge is -2.32. The molecule has 8 nitrogen and oxygen atoms in total. The average Bonchev–Trinajstić information content (AvgIpc) is 2.80. The van der Waals surface area contributed by atoms with Crippen LogP contribution in [0.1, 0.15) is 20.7 Å². The van der Waals surface area contributed by atoms with E-state index in [1.165, 1.54) is 14.2 Å². The number of benzene rings is 2. The van der Waals surface area contributed by atoms with Crippen LogP contribution in [-0.2, 0) is 0 Å². The Kier molecular flexibility index (Phi) is 7.89. The van der Waals surface area contributed by atoms with Crippen LogP contribution in [0.4, 0.5) is 5.69 Å². The number of anilines is 1. The van der Waals surface area contributed by atoms with Crippen molar-refractivity contribution in [1.29, 1.82) is 0 Å². The quantitative estimate of drug-likeness (QED) is 0.642. The molecule has 0 unspecified atom stereocenters. The van der Waals surface area contributed by atoms with Gasteiger partial charge in [0.25, 0.3) is 11.8 Å². The van der Waals surface area contributed by atoms with E-state index in [0.29, 0.717) is 46.4 Å². The van der Waals surface area contributed by atoms with Gasteiger partial charge in [0.2, 0.25) is 0 Å². The molecule has 0 aliphatic carbocycles. The molecule has 2 N–H and O–H groups in total. The average molecular weight is 477 g/mol. The summed E-state index contributed by atoms with van der Waals surface area (Å²) in [4.78, 5) is 29.4. The van der Waals surface area contributed by atoms with Crippen molar-refractivity contribution < 1.29 is 19.1 Å².